The minimum absolute atomic E-state index is 0.0492. The molecule has 1 amide bonds. The number of nitrogens with two attached hydrogens (primary N) is 1. The van der Waals surface area contributed by atoms with Crippen LogP contribution in [-0.4, -0.2) is 5.91 Å². The molecule has 5 heteroatoms. The van der Waals surface area contributed by atoms with Crippen molar-refractivity contribution in [1.29, 1.82) is 0 Å². The maximum Gasteiger partial charge on any atom is 0.248 e. The lowest BCUT2D eigenvalue weighted by Gasteiger charge is -2.17. The lowest BCUT2D eigenvalue weighted by molar-refractivity contribution is 0.100. The van der Waals surface area contributed by atoms with Gasteiger partial charge in [0.25, 0.3) is 0 Å². The van der Waals surface area contributed by atoms with E-state index >= 15 is 0 Å². The summed E-state index contributed by atoms with van der Waals surface area (Å²) in [4.78, 5) is 11.2. The lowest BCUT2D eigenvalue weighted by atomic mass is 10.1. The third-order valence-electron chi connectivity index (χ3n) is 2.97. The number of hydrogen-bond acceptors (Lipinski definition) is 2. The predicted octanol–water partition coefficient (Wildman–Crippen LogP) is 4.37. The van der Waals surface area contributed by atoms with Crippen LogP contribution in [0.3, 0.4) is 0 Å². The third kappa shape index (κ3) is 3.52. The number of amides is 1. The Morgan fingerprint density at radius 2 is 2.05 bits per heavy atom. The Balaban J connectivity index is 2.25. The number of carbonyl (C=O) groups excluding carboxylic acids is 1. The van der Waals surface area contributed by atoms with Gasteiger partial charge in [-0.05, 0) is 42.8 Å². The first kappa shape index (κ1) is 14.9. The molecule has 1 atom stereocenters. The van der Waals surface area contributed by atoms with E-state index in [-0.39, 0.29) is 6.04 Å². The normalized spacial score (nSPS) is 11.9. The number of hydrogen-bond donors (Lipinski definition) is 2. The summed E-state index contributed by atoms with van der Waals surface area (Å²) >= 11 is 9.59. The zero-order valence-electron chi connectivity index (χ0n) is 10.9. The molecule has 0 aliphatic rings. The van der Waals surface area contributed by atoms with E-state index < -0.39 is 5.91 Å². The molecule has 3 N–H and O–H groups in total. The molecule has 0 spiro atoms. The van der Waals surface area contributed by atoms with E-state index in [4.69, 9.17) is 17.3 Å². The molecule has 3 nitrogen and oxygen atoms in total. The van der Waals surface area contributed by atoms with Gasteiger partial charge in [-0.15, -0.1) is 0 Å². The first-order chi connectivity index (χ1) is 9.47. The van der Waals surface area contributed by atoms with Gasteiger partial charge in [0.2, 0.25) is 5.91 Å². The van der Waals surface area contributed by atoms with E-state index in [1.807, 2.05) is 31.2 Å². The quantitative estimate of drug-likeness (QED) is 0.857. The van der Waals surface area contributed by atoms with E-state index in [1.54, 1.807) is 18.2 Å². The highest BCUT2D eigenvalue weighted by Crippen LogP contribution is 2.28. The molecule has 0 saturated carbocycles. The number of carbonyl (C=O) groups is 1. The third-order valence-corrected chi connectivity index (χ3v) is 3.79. The number of benzene rings is 2. The summed E-state index contributed by atoms with van der Waals surface area (Å²) in [5, 5.41) is 3.84. The van der Waals surface area contributed by atoms with Crippen LogP contribution in [0.15, 0.2) is 46.9 Å². The van der Waals surface area contributed by atoms with Gasteiger partial charge in [-0.3, -0.25) is 4.79 Å². The molecule has 0 heterocycles. The van der Waals surface area contributed by atoms with Crippen molar-refractivity contribution in [2.75, 3.05) is 5.32 Å². The van der Waals surface area contributed by atoms with Crippen LogP contribution in [0.4, 0.5) is 5.69 Å². The van der Waals surface area contributed by atoms with E-state index in [2.05, 4.69) is 21.2 Å². The average molecular weight is 354 g/mol. The van der Waals surface area contributed by atoms with Crippen LogP contribution in [0.25, 0.3) is 0 Å². The van der Waals surface area contributed by atoms with Crippen molar-refractivity contribution in [1.82, 2.24) is 0 Å². The van der Waals surface area contributed by atoms with Crippen molar-refractivity contribution in [3.63, 3.8) is 0 Å². The molecule has 0 radical (unpaired) electrons. The van der Waals surface area contributed by atoms with Gasteiger partial charge in [-0.1, -0.05) is 39.7 Å². The van der Waals surface area contributed by atoms with Gasteiger partial charge in [-0.25, -0.2) is 0 Å². The second kappa shape index (κ2) is 6.29. The Bertz CT molecular complexity index is 646. The summed E-state index contributed by atoms with van der Waals surface area (Å²) < 4.78 is 1.01. The Hall–Kier alpha value is -1.52. The molecular formula is C15H14BrClN2O. The van der Waals surface area contributed by atoms with Crippen LogP contribution < -0.4 is 11.1 Å². The Labute approximate surface area is 131 Å². The summed E-state index contributed by atoms with van der Waals surface area (Å²) in [7, 11) is 0. The Morgan fingerprint density at radius 1 is 1.30 bits per heavy atom. The molecule has 20 heavy (non-hydrogen) atoms. The minimum atomic E-state index is -0.472. The first-order valence-electron chi connectivity index (χ1n) is 6.08. The average Bonchev–Trinajstić information content (AvgIpc) is 2.41. The van der Waals surface area contributed by atoms with Crippen molar-refractivity contribution in [3.8, 4) is 0 Å². The van der Waals surface area contributed by atoms with Crippen LogP contribution in [0.5, 0.6) is 0 Å². The molecule has 2 aromatic carbocycles. The zero-order valence-corrected chi connectivity index (χ0v) is 13.2. The number of rotatable bonds is 4. The topological polar surface area (TPSA) is 55.1 Å². The maximum absolute atomic E-state index is 11.2. The number of anilines is 1. The minimum Gasteiger partial charge on any atom is -0.377 e. The Kier molecular flexibility index (Phi) is 4.68. The number of halogens is 2. The molecule has 0 aliphatic carbocycles. The largest absolute Gasteiger partial charge is 0.377 e. The van der Waals surface area contributed by atoms with Crippen molar-refractivity contribution >= 4 is 39.1 Å². The summed E-state index contributed by atoms with van der Waals surface area (Å²) in [5.74, 6) is -0.472. The van der Waals surface area contributed by atoms with E-state index in [0.717, 1.165) is 10.0 Å². The van der Waals surface area contributed by atoms with Crippen LogP contribution in [0.1, 0.15) is 28.9 Å². The highest BCUT2D eigenvalue weighted by molar-refractivity contribution is 9.10. The SMILES string of the molecule is CC(Nc1cc(C(N)=O)ccc1Cl)c1cccc(Br)c1. The van der Waals surface area contributed by atoms with Gasteiger partial charge in [0.15, 0.2) is 0 Å². The molecule has 1 unspecified atom stereocenters. The summed E-state index contributed by atoms with van der Waals surface area (Å²) in [6, 6.07) is 13.0. The van der Waals surface area contributed by atoms with Crippen LogP contribution in [0, 0.1) is 0 Å². The molecular weight excluding hydrogens is 340 g/mol. The summed E-state index contributed by atoms with van der Waals surface area (Å²) in [6.07, 6.45) is 0. The first-order valence-corrected chi connectivity index (χ1v) is 7.26. The number of primary amides is 1. The van der Waals surface area contributed by atoms with Crippen molar-refractivity contribution < 1.29 is 4.79 Å². The summed E-state index contributed by atoms with van der Waals surface area (Å²) in [5.41, 5.74) is 7.51. The van der Waals surface area contributed by atoms with E-state index in [1.165, 1.54) is 0 Å². The molecule has 2 aromatic rings. The van der Waals surface area contributed by atoms with Gasteiger partial charge < -0.3 is 11.1 Å². The second-order valence-corrected chi connectivity index (χ2v) is 5.80. The Morgan fingerprint density at radius 3 is 2.70 bits per heavy atom. The molecule has 2 rings (SSSR count). The smallest absolute Gasteiger partial charge is 0.248 e. The van der Waals surface area contributed by atoms with Gasteiger partial charge in [0.1, 0.15) is 0 Å². The number of nitrogens with one attached hydrogen (secondary N) is 1. The molecule has 0 aromatic heterocycles. The van der Waals surface area contributed by atoms with Crippen molar-refractivity contribution in [3.05, 3.63) is 63.1 Å². The molecule has 0 fully saturated rings. The highest BCUT2D eigenvalue weighted by atomic mass is 79.9. The van der Waals surface area contributed by atoms with Gasteiger partial charge in [0.05, 0.1) is 10.7 Å². The fourth-order valence-electron chi connectivity index (χ4n) is 1.88. The molecule has 0 saturated heterocycles. The fraction of sp³-hybridized carbons (Fsp3) is 0.133. The van der Waals surface area contributed by atoms with Crippen LogP contribution in [0.2, 0.25) is 5.02 Å². The van der Waals surface area contributed by atoms with E-state index in [0.29, 0.717) is 16.3 Å². The highest BCUT2D eigenvalue weighted by Gasteiger charge is 2.10. The van der Waals surface area contributed by atoms with Gasteiger partial charge >= 0.3 is 0 Å². The zero-order chi connectivity index (χ0) is 14.7. The van der Waals surface area contributed by atoms with Crippen LogP contribution in [-0.2, 0) is 0 Å². The molecule has 0 bridgehead atoms. The standard InChI is InChI=1S/C15H14BrClN2O/c1-9(10-3-2-4-12(16)7-10)19-14-8-11(15(18)20)5-6-13(14)17/h2-9,19H,1H3,(H2,18,20). The van der Waals surface area contributed by atoms with Crippen molar-refractivity contribution in [2.45, 2.75) is 13.0 Å². The fourth-order valence-corrected chi connectivity index (χ4v) is 2.47. The monoisotopic (exact) mass is 352 g/mol. The summed E-state index contributed by atoms with van der Waals surface area (Å²) in [6.45, 7) is 2.02. The molecule has 0 aliphatic heterocycles. The van der Waals surface area contributed by atoms with Gasteiger partial charge in [0, 0.05) is 16.1 Å². The predicted molar refractivity (Wildman–Crippen MR) is 86.1 cm³/mol. The van der Waals surface area contributed by atoms with Crippen molar-refractivity contribution in [2.24, 2.45) is 5.73 Å². The van der Waals surface area contributed by atoms with Gasteiger partial charge in [-0.2, -0.15) is 0 Å². The maximum atomic E-state index is 11.2. The van der Waals surface area contributed by atoms with Crippen LogP contribution >= 0.6 is 27.5 Å². The second-order valence-electron chi connectivity index (χ2n) is 4.48. The van der Waals surface area contributed by atoms with E-state index in [9.17, 15) is 4.79 Å². The molecule has 104 valence electrons. The lowest BCUT2D eigenvalue weighted by Crippen LogP contribution is -2.12.